The van der Waals surface area contributed by atoms with E-state index in [0.717, 1.165) is 48.8 Å². The van der Waals surface area contributed by atoms with Gasteiger partial charge in [-0.2, -0.15) is 0 Å². The predicted molar refractivity (Wildman–Crippen MR) is 183 cm³/mol. The second-order valence-corrected chi connectivity index (χ2v) is 14.8. The van der Waals surface area contributed by atoms with Crippen LogP contribution in [0, 0.1) is 13.8 Å². The van der Waals surface area contributed by atoms with E-state index in [-0.39, 0.29) is 43.8 Å². The Morgan fingerprint density at radius 2 is 1.53 bits per heavy atom. The third-order valence-corrected chi connectivity index (χ3v) is 10.2. The van der Waals surface area contributed by atoms with Gasteiger partial charge in [0.05, 0.1) is 11.9 Å². The number of sulfonamides is 1. The number of aryl methyl sites for hydroxylation is 2. The van der Waals surface area contributed by atoms with Crippen molar-refractivity contribution in [1.82, 2.24) is 10.2 Å². The number of amides is 2. The van der Waals surface area contributed by atoms with Crippen LogP contribution in [-0.2, 0) is 32.6 Å². The van der Waals surface area contributed by atoms with Gasteiger partial charge in [0, 0.05) is 47.6 Å². The van der Waals surface area contributed by atoms with Gasteiger partial charge in [0.1, 0.15) is 6.04 Å². The predicted octanol–water partition coefficient (Wildman–Crippen LogP) is 7.25. The zero-order chi connectivity index (χ0) is 32.6. The molecule has 3 aromatic rings. The first-order valence-electron chi connectivity index (χ1n) is 15.5. The van der Waals surface area contributed by atoms with E-state index in [1.165, 1.54) is 10.6 Å². The third-order valence-electron chi connectivity index (χ3n) is 8.26. The fourth-order valence-electron chi connectivity index (χ4n) is 6.05. The normalized spacial score (nSPS) is 14.5. The topological polar surface area (TPSA) is 86.8 Å². The number of carbonyl (C=O) groups is 2. The fraction of sp³-hybridized carbons (Fsp3) is 0.429. The van der Waals surface area contributed by atoms with Gasteiger partial charge in [-0.15, -0.1) is 0 Å². The molecule has 0 aliphatic heterocycles. The summed E-state index contributed by atoms with van der Waals surface area (Å²) in [5, 5.41) is 4.04. The van der Waals surface area contributed by atoms with Crippen molar-refractivity contribution in [3.8, 4) is 0 Å². The fourth-order valence-corrected chi connectivity index (χ4v) is 7.52. The molecule has 242 valence electrons. The second-order valence-electron chi connectivity index (χ2n) is 12.1. The van der Waals surface area contributed by atoms with Gasteiger partial charge in [-0.05, 0) is 74.1 Å². The number of hydrogen-bond acceptors (Lipinski definition) is 4. The maximum atomic E-state index is 14.2. The number of hydrogen-bond donors (Lipinski definition) is 1. The standard InChI is InChI=1S/C35H43Cl2N3O4S/c1-25-20-26(2)22-29(21-25)40(45(3,43)44)19-11-18-34(41)39(24-30-31(36)16-10-17-32(30)37)33(23-27-12-6-4-7-13-27)35(42)38-28-14-8-5-9-15-28/h4,6-7,10,12-13,16-17,20-22,28,33H,5,8-9,11,14-15,18-19,23-24H2,1-3H3,(H,38,42). The van der Waals surface area contributed by atoms with Crippen molar-refractivity contribution in [2.45, 2.75) is 83.8 Å². The maximum absolute atomic E-state index is 14.2. The lowest BCUT2D eigenvalue weighted by molar-refractivity contribution is -0.141. The van der Waals surface area contributed by atoms with Crippen LogP contribution < -0.4 is 9.62 Å². The monoisotopic (exact) mass is 671 g/mol. The van der Waals surface area contributed by atoms with E-state index in [1.807, 2.05) is 62.4 Å². The molecule has 1 saturated carbocycles. The summed E-state index contributed by atoms with van der Waals surface area (Å²) < 4.78 is 27.0. The molecule has 4 rings (SSSR count). The van der Waals surface area contributed by atoms with Crippen molar-refractivity contribution >= 4 is 50.7 Å². The van der Waals surface area contributed by atoms with Crippen LogP contribution in [0.1, 0.15) is 67.2 Å². The lowest BCUT2D eigenvalue weighted by Gasteiger charge is -2.34. The highest BCUT2D eigenvalue weighted by molar-refractivity contribution is 7.92. The van der Waals surface area contributed by atoms with Crippen LogP contribution >= 0.6 is 23.2 Å². The number of benzene rings is 3. The van der Waals surface area contributed by atoms with Crippen molar-refractivity contribution in [3.05, 3.63) is 99.0 Å². The minimum Gasteiger partial charge on any atom is -0.352 e. The molecule has 45 heavy (non-hydrogen) atoms. The number of anilines is 1. The molecule has 0 heterocycles. The van der Waals surface area contributed by atoms with Gasteiger partial charge in [-0.1, -0.05) is 84.9 Å². The Balaban J connectivity index is 1.63. The molecule has 1 aliphatic rings. The second kappa shape index (κ2) is 16.0. The van der Waals surface area contributed by atoms with Crippen molar-refractivity contribution in [2.75, 3.05) is 17.1 Å². The van der Waals surface area contributed by atoms with Crippen LogP contribution in [0.5, 0.6) is 0 Å². The molecular weight excluding hydrogens is 629 g/mol. The summed E-state index contributed by atoms with van der Waals surface area (Å²) in [5.41, 5.74) is 3.94. The zero-order valence-corrected chi connectivity index (χ0v) is 28.6. The lowest BCUT2D eigenvalue weighted by atomic mass is 9.94. The third kappa shape index (κ3) is 9.96. The van der Waals surface area contributed by atoms with E-state index in [1.54, 1.807) is 23.1 Å². The lowest BCUT2D eigenvalue weighted by Crippen LogP contribution is -2.53. The summed E-state index contributed by atoms with van der Waals surface area (Å²) in [7, 11) is -3.61. The molecule has 1 N–H and O–H groups in total. The largest absolute Gasteiger partial charge is 0.352 e. The Bertz CT molecular complexity index is 1540. The molecule has 1 fully saturated rings. The highest BCUT2D eigenvalue weighted by Gasteiger charge is 2.33. The summed E-state index contributed by atoms with van der Waals surface area (Å²) in [6.07, 6.45) is 6.86. The first-order chi connectivity index (χ1) is 21.4. The molecule has 10 heteroatoms. The Kier molecular flexibility index (Phi) is 12.3. The summed E-state index contributed by atoms with van der Waals surface area (Å²) in [6.45, 7) is 4.00. The van der Waals surface area contributed by atoms with Crippen LogP contribution in [0.4, 0.5) is 5.69 Å². The highest BCUT2D eigenvalue weighted by atomic mass is 35.5. The van der Waals surface area contributed by atoms with E-state index >= 15 is 0 Å². The minimum absolute atomic E-state index is 0.0287. The Hall–Kier alpha value is -3.07. The van der Waals surface area contributed by atoms with Crippen LogP contribution in [0.15, 0.2) is 66.7 Å². The van der Waals surface area contributed by atoms with Crippen molar-refractivity contribution < 1.29 is 18.0 Å². The summed E-state index contributed by atoms with van der Waals surface area (Å²) in [4.78, 5) is 29.8. The van der Waals surface area contributed by atoms with Crippen molar-refractivity contribution in [2.24, 2.45) is 0 Å². The van der Waals surface area contributed by atoms with Crippen LogP contribution in [0.2, 0.25) is 10.0 Å². The zero-order valence-electron chi connectivity index (χ0n) is 26.3. The molecule has 1 aliphatic carbocycles. The first kappa shape index (κ1) is 34.8. The molecule has 2 amide bonds. The molecule has 0 bridgehead atoms. The molecule has 0 aromatic heterocycles. The molecule has 1 unspecified atom stereocenters. The quantitative estimate of drug-likeness (QED) is 0.207. The number of nitrogens with one attached hydrogen (secondary N) is 1. The first-order valence-corrected chi connectivity index (χ1v) is 18.2. The highest BCUT2D eigenvalue weighted by Crippen LogP contribution is 2.28. The Labute approximate surface area is 278 Å². The van der Waals surface area contributed by atoms with E-state index < -0.39 is 16.1 Å². The molecule has 0 saturated heterocycles. The van der Waals surface area contributed by atoms with Crippen molar-refractivity contribution in [3.63, 3.8) is 0 Å². The van der Waals surface area contributed by atoms with Crippen LogP contribution in [0.25, 0.3) is 0 Å². The van der Waals surface area contributed by atoms with E-state index in [9.17, 15) is 18.0 Å². The van der Waals surface area contributed by atoms with Gasteiger partial charge < -0.3 is 10.2 Å². The number of rotatable bonds is 13. The molecule has 0 radical (unpaired) electrons. The maximum Gasteiger partial charge on any atom is 0.243 e. The average Bonchev–Trinajstić information content (AvgIpc) is 2.98. The smallest absolute Gasteiger partial charge is 0.243 e. The summed E-state index contributed by atoms with van der Waals surface area (Å²) >= 11 is 13.1. The SMILES string of the molecule is Cc1cc(C)cc(N(CCCC(=O)N(Cc2c(Cl)cccc2Cl)C(Cc2ccccc2)C(=O)NC2CCCCC2)S(C)(=O)=O)c1. The van der Waals surface area contributed by atoms with E-state index in [0.29, 0.717) is 27.7 Å². The Morgan fingerprint density at radius 3 is 2.13 bits per heavy atom. The molecule has 1 atom stereocenters. The average molecular weight is 673 g/mol. The minimum atomic E-state index is -3.61. The van der Waals surface area contributed by atoms with Gasteiger partial charge in [0.15, 0.2) is 0 Å². The van der Waals surface area contributed by atoms with Gasteiger partial charge in [-0.25, -0.2) is 8.42 Å². The van der Waals surface area contributed by atoms with Gasteiger partial charge in [0.25, 0.3) is 0 Å². The van der Waals surface area contributed by atoms with Crippen LogP contribution in [0.3, 0.4) is 0 Å². The molecule has 0 spiro atoms. The summed E-state index contributed by atoms with van der Waals surface area (Å²) in [6, 6.07) is 19.7. The van der Waals surface area contributed by atoms with E-state index in [4.69, 9.17) is 23.2 Å². The van der Waals surface area contributed by atoms with Gasteiger partial charge >= 0.3 is 0 Å². The van der Waals surface area contributed by atoms with Crippen LogP contribution in [-0.4, -0.2) is 50.0 Å². The number of carbonyl (C=O) groups excluding carboxylic acids is 2. The van der Waals surface area contributed by atoms with Crippen molar-refractivity contribution in [1.29, 1.82) is 0 Å². The van der Waals surface area contributed by atoms with Gasteiger partial charge in [-0.3, -0.25) is 13.9 Å². The van der Waals surface area contributed by atoms with E-state index in [2.05, 4.69) is 5.32 Å². The molecule has 3 aromatic carbocycles. The number of nitrogens with zero attached hydrogens (tertiary/aromatic N) is 2. The summed E-state index contributed by atoms with van der Waals surface area (Å²) in [5.74, 6) is -0.491. The molecular formula is C35H43Cl2N3O4S. The Morgan fingerprint density at radius 1 is 0.911 bits per heavy atom. The van der Waals surface area contributed by atoms with Gasteiger partial charge in [0.2, 0.25) is 21.8 Å². The molecule has 7 nitrogen and oxygen atoms in total. The number of halogens is 2.